The average molecular weight is 237 g/mol. The van der Waals surface area contributed by atoms with Gasteiger partial charge in [0.15, 0.2) is 5.76 Å². The Morgan fingerprint density at radius 2 is 2.41 bits per heavy atom. The van der Waals surface area contributed by atoms with Gasteiger partial charge in [0, 0.05) is 13.0 Å². The summed E-state index contributed by atoms with van der Waals surface area (Å²) in [6, 6.07) is 3.59. The predicted octanol–water partition coefficient (Wildman–Crippen LogP) is 2.14. The Morgan fingerprint density at radius 3 is 3.00 bits per heavy atom. The first kappa shape index (κ1) is 12.2. The molecule has 2 atom stereocenters. The molecule has 0 unspecified atom stereocenters. The van der Waals surface area contributed by atoms with E-state index < -0.39 is 0 Å². The Bertz CT molecular complexity index is 380. The normalized spacial score (nSPS) is 21.4. The fourth-order valence-electron chi connectivity index (χ4n) is 2.06. The highest BCUT2D eigenvalue weighted by Gasteiger charge is 2.24. The van der Waals surface area contributed by atoms with Crippen molar-refractivity contribution in [1.82, 2.24) is 5.32 Å². The van der Waals surface area contributed by atoms with Crippen molar-refractivity contribution in [3.8, 4) is 0 Å². The second-order valence-corrected chi connectivity index (χ2v) is 4.43. The van der Waals surface area contributed by atoms with Gasteiger partial charge in [0.25, 0.3) is 5.91 Å². The molecular weight excluding hydrogens is 218 g/mol. The van der Waals surface area contributed by atoms with Crippen LogP contribution in [0.3, 0.4) is 0 Å². The molecule has 1 aliphatic rings. The molecule has 0 saturated carbocycles. The molecule has 4 nitrogen and oxygen atoms in total. The zero-order valence-electron chi connectivity index (χ0n) is 10.4. The number of ether oxygens (including phenoxy) is 1. The summed E-state index contributed by atoms with van der Waals surface area (Å²) in [5.41, 5.74) is 0. The van der Waals surface area contributed by atoms with Crippen molar-refractivity contribution in [2.75, 3.05) is 6.61 Å². The van der Waals surface area contributed by atoms with Crippen LogP contribution in [0.4, 0.5) is 0 Å². The van der Waals surface area contributed by atoms with Gasteiger partial charge in [-0.1, -0.05) is 6.92 Å². The highest BCUT2D eigenvalue weighted by atomic mass is 16.5. The van der Waals surface area contributed by atoms with Gasteiger partial charge in [-0.05, 0) is 31.9 Å². The molecule has 2 rings (SSSR count). The summed E-state index contributed by atoms with van der Waals surface area (Å²) >= 11 is 0. The Kier molecular flexibility index (Phi) is 3.84. The standard InChI is InChI=1S/C13H19NO3/c1-3-10-6-7-12(17-10)13(15)14-9(2)11-5-4-8-16-11/h6-7,9,11H,3-5,8H2,1-2H3,(H,14,15)/t9-,11+/m1/s1. The van der Waals surface area contributed by atoms with Crippen LogP contribution < -0.4 is 5.32 Å². The van der Waals surface area contributed by atoms with Crippen molar-refractivity contribution >= 4 is 5.91 Å². The van der Waals surface area contributed by atoms with E-state index >= 15 is 0 Å². The third kappa shape index (κ3) is 2.88. The molecule has 0 aliphatic carbocycles. The van der Waals surface area contributed by atoms with Gasteiger partial charge in [-0.25, -0.2) is 0 Å². The zero-order valence-corrected chi connectivity index (χ0v) is 10.4. The van der Waals surface area contributed by atoms with E-state index in [-0.39, 0.29) is 18.1 Å². The van der Waals surface area contributed by atoms with E-state index in [4.69, 9.17) is 9.15 Å². The van der Waals surface area contributed by atoms with Crippen molar-refractivity contribution in [1.29, 1.82) is 0 Å². The Hall–Kier alpha value is -1.29. The molecule has 1 fully saturated rings. The maximum absolute atomic E-state index is 11.9. The van der Waals surface area contributed by atoms with E-state index in [9.17, 15) is 4.79 Å². The number of rotatable bonds is 4. The Morgan fingerprint density at radius 1 is 1.59 bits per heavy atom. The molecule has 4 heteroatoms. The summed E-state index contributed by atoms with van der Waals surface area (Å²) in [5, 5.41) is 2.92. The summed E-state index contributed by atoms with van der Waals surface area (Å²) in [5.74, 6) is 1.05. The van der Waals surface area contributed by atoms with E-state index in [0.717, 1.165) is 31.6 Å². The lowest BCUT2D eigenvalue weighted by molar-refractivity contribution is 0.0696. The van der Waals surface area contributed by atoms with Crippen molar-refractivity contribution in [2.24, 2.45) is 0 Å². The minimum atomic E-state index is -0.160. The molecule has 1 amide bonds. The van der Waals surface area contributed by atoms with Crippen LogP contribution >= 0.6 is 0 Å². The zero-order chi connectivity index (χ0) is 12.3. The van der Waals surface area contributed by atoms with E-state index in [1.54, 1.807) is 6.07 Å². The molecule has 17 heavy (non-hydrogen) atoms. The fourth-order valence-corrected chi connectivity index (χ4v) is 2.06. The van der Waals surface area contributed by atoms with Crippen molar-refractivity contribution < 1.29 is 13.9 Å². The number of carbonyl (C=O) groups excluding carboxylic acids is 1. The van der Waals surface area contributed by atoms with Crippen LogP contribution in [-0.2, 0) is 11.2 Å². The van der Waals surface area contributed by atoms with Gasteiger partial charge >= 0.3 is 0 Å². The third-order valence-electron chi connectivity index (χ3n) is 3.12. The number of amides is 1. The van der Waals surface area contributed by atoms with Gasteiger partial charge in [0.1, 0.15) is 5.76 Å². The predicted molar refractivity (Wildman–Crippen MR) is 64.0 cm³/mol. The Labute approximate surface area is 101 Å². The van der Waals surface area contributed by atoms with Gasteiger partial charge in [0.05, 0.1) is 12.1 Å². The number of nitrogens with one attached hydrogen (secondary N) is 1. The molecule has 94 valence electrons. The van der Waals surface area contributed by atoms with E-state index in [1.165, 1.54) is 0 Å². The second-order valence-electron chi connectivity index (χ2n) is 4.43. The molecule has 1 aliphatic heterocycles. The summed E-state index contributed by atoms with van der Waals surface area (Å²) in [6.07, 6.45) is 3.03. The van der Waals surface area contributed by atoms with Crippen LogP contribution in [0.1, 0.15) is 43.0 Å². The van der Waals surface area contributed by atoms with Crippen LogP contribution in [0.5, 0.6) is 0 Å². The average Bonchev–Trinajstić information content (AvgIpc) is 3.00. The van der Waals surface area contributed by atoms with Crippen molar-refractivity contribution in [3.05, 3.63) is 23.7 Å². The van der Waals surface area contributed by atoms with Gasteiger partial charge in [-0.15, -0.1) is 0 Å². The number of hydrogen-bond donors (Lipinski definition) is 1. The summed E-state index contributed by atoms with van der Waals surface area (Å²) in [4.78, 5) is 11.9. The summed E-state index contributed by atoms with van der Waals surface area (Å²) in [7, 11) is 0. The number of furan rings is 1. The van der Waals surface area contributed by atoms with Crippen molar-refractivity contribution in [3.63, 3.8) is 0 Å². The fraction of sp³-hybridized carbons (Fsp3) is 0.615. The van der Waals surface area contributed by atoms with Crippen LogP contribution in [0.2, 0.25) is 0 Å². The van der Waals surface area contributed by atoms with Crippen LogP contribution in [-0.4, -0.2) is 24.7 Å². The topological polar surface area (TPSA) is 51.5 Å². The van der Waals surface area contributed by atoms with Gasteiger partial charge in [0.2, 0.25) is 0 Å². The smallest absolute Gasteiger partial charge is 0.287 e. The van der Waals surface area contributed by atoms with Crippen molar-refractivity contribution in [2.45, 2.75) is 45.3 Å². The van der Waals surface area contributed by atoms with Crippen LogP contribution in [0.15, 0.2) is 16.5 Å². The number of hydrogen-bond acceptors (Lipinski definition) is 3. The lowest BCUT2D eigenvalue weighted by atomic mass is 10.1. The molecule has 0 spiro atoms. The molecule has 1 N–H and O–H groups in total. The first-order chi connectivity index (χ1) is 8.20. The second kappa shape index (κ2) is 5.36. The van der Waals surface area contributed by atoms with Crippen LogP contribution in [0.25, 0.3) is 0 Å². The first-order valence-electron chi connectivity index (χ1n) is 6.22. The summed E-state index contributed by atoms with van der Waals surface area (Å²) < 4.78 is 10.9. The lowest BCUT2D eigenvalue weighted by Crippen LogP contribution is -2.40. The molecule has 0 bridgehead atoms. The molecule has 1 aromatic heterocycles. The monoisotopic (exact) mass is 237 g/mol. The molecule has 2 heterocycles. The SMILES string of the molecule is CCc1ccc(C(=O)N[C@H](C)[C@@H]2CCCO2)o1. The van der Waals surface area contributed by atoms with E-state index in [0.29, 0.717) is 5.76 Å². The molecule has 0 aromatic carbocycles. The minimum absolute atomic E-state index is 0.0279. The lowest BCUT2D eigenvalue weighted by Gasteiger charge is -2.19. The maximum Gasteiger partial charge on any atom is 0.287 e. The molecule has 1 aromatic rings. The van der Waals surface area contributed by atoms with Gasteiger partial charge in [-0.3, -0.25) is 4.79 Å². The van der Waals surface area contributed by atoms with Gasteiger partial charge in [-0.2, -0.15) is 0 Å². The number of aryl methyl sites for hydroxylation is 1. The number of carbonyl (C=O) groups is 1. The van der Waals surface area contributed by atoms with E-state index in [2.05, 4.69) is 5.32 Å². The quantitative estimate of drug-likeness (QED) is 0.872. The third-order valence-corrected chi connectivity index (χ3v) is 3.12. The van der Waals surface area contributed by atoms with Crippen LogP contribution in [0, 0.1) is 0 Å². The van der Waals surface area contributed by atoms with Gasteiger partial charge < -0.3 is 14.5 Å². The largest absolute Gasteiger partial charge is 0.456 e. The molecule has 0 radical (unpaired) electrons. The summed E-state index contributed by atoms with van der Waals surface area (Å²) in [6.45, 7) is 4.76. The minimum Gasteiger partial charge on any atom is -0.456 e. The molecule has 1 saturated heterocycles. The van der Waals surface area contributed by atoms with E-state index in [1.807, 2.05) is 19.9 Å². The highest BCUT2D eigenvalue weighted by molar-refractivity contribution is 5.91. The maximum atomic E-state index is 11.9. The Balaban J connectivity index is 1.91. The first-order valence-corrected chi connectivity index (χ1v) is 6.22. The highest BCUT2D eigenvalue weighted by Crippen LogP contribution is 2.16. The molecular formula is C13H19NO3.